The summed E-state index contributed by atoms with van der Waals surface area (Å²) in [6, 6.07) is 10.7. The second-order valence-electron chi connectivity index (χ2n) is 7.16. The highest BCUT2D eigenvalue weighted by Gasteiger charge is 2.30. The van der Waals surface area contributed by atoms with E-state index < -0.39 is 10.0 Å². The van der Waals surface area contributed by atoms with Gasteiger partial charge in [-0.2, -0.15) is 4.31 Å². The number of sulfonamides is 1. The Labute approximate surface area is 169 Å². The maximum absolute atomic E-state index is 13.1. The fraction of sp³-hybridized carbons (Fsp3) is 0.350. The summed E-state index contributed by atoms with van der Waals surface area (Å²) in [6.07, 6.45) is 3.88. The van der Waals surface area contributed by atoms with E-state index in [4.69, 9.17) is 9.47 Å². The monoisotopic (exact) mass is 414 g/mol. The molecule has 1 aromatic carbocycles. The van der Waals surface area contributed by atoms with Crippen molar-refractivity contribution in [2.75, 3.05) is 39.4 Å². The lowest BCUT2D eigenvalue weighted by Gasteiger charge is -2.34. The molecule has 2 aliphatic rings. The number of fused-ring (bicyclic) bond motifs is 2. The van der Waals surface area contributed by atoms with Gasteiger partial charge in [0.2, 0.25) is 10.0 Å². The standard InChI is InChI=1S/C20H22N4O4S/c25-29(26,17-4-5-18-19(13-17)28-12-11-27-18)23-9-7-22(8-10-23)15-16-14-21-20-3-1-2-6-24(16)20/h1-6,13-14H,7-12,15H2. The molecule has 0 unspecified atom stereocenters. The number of piperazine rings is 1. The van der Waals surface area contributed by atoms with Gasteiger partial charge in [-0.1, -0.05) is 6.07 Å². The molecular formula is C20H22N4O4S. The molecule has 0 atom stereocenters. The minimum atomic E-state index is -3.56. The van der Waals surface area contributed by atoms with E-state index >= 15 is 0 Å². The van der Waals surface area contributed by atoms with Gasteiger partial charge in [-0.3, -0.25) is 4.90 Å². The zero-order chi connectivity index (χ0) is 19.8. The largest absolute Gasteiger partial charge is 0.486 e. The first kappa shape index (κ1) is 18.4. The fourth-order valence-electron chi connectivity index (χ4n) is 3.79. The second kappa shape index (κ2) is 7.33. The third-order valence-electron chi connectivity index (χ3n) is 5.36. The number of aromatic nitrogens is 2. The predicted octanol–water partition coefficient (Wildman–Crippen LogP) is 1.61. The van der Waals surface area contributed by atoms with Crippen LogP contribution >= 0.6 is 0 Å². The van der Waals surface area contributed by atoms with E-state index in [-0.39, 0.29) is 4.90 Å². The minimum absolute atomic E-state index is 0.247. The summed E-state index contributed by atoms with van der Waals surface area (Å²) in [5.74, 6) is 1.08. The van der Waals surface area contributed by atoms with E-state index in [1.807, 2.05) is 30.6 Å². The molecule has 29 heavy (non-hydrogen) atoms. The van der Waals surface area contributed by atoms with Gasteiger partial charge in [-0.05, 0) is 24.3 Å². The number of nitrogens with zero attached hydrogens (tertiary/aromatic N) is 4. The molecule has 0 saturated carbocycles. The van der Waals surface area contributed by atoms with Crippen molar-refractivity contribution in [2.45, 2.75) is 11.4 Å². The molecule has 8 nitrogen and oxygen atoms in total. The Morgan fingerprint density at radius 2 is 1.76 bits per heavy atom. The van der Waals surface area contributed by atoms with E-state index in [0.717, 1.165) is 17.9 Å². The molecule has 5 rings (SSSR count). The minimum Gasteiger partial charge on any atom is -0.486 e. The molecule has 1 saturated heterocycles. The normalized spacial score (nSPS) is 18.2. The first-order valence-corrected chi connectivity index (χ1v) is 11.1. The van der Waals surface area contributed by atoms with Crippen LogP contribution in [-0.4, -0.2) is 66.4 Å². The highest BCUT2D eigenvalue weighted by molar-refractivity contribution is 7.89. The number of hydrogen-bond donors (Lipinski definition) is 0. The van der Waals surface area contributed by atoms with Crippen LogP contribution in [0, 0.1) is 0 Å². The maximum atomic E-state index is 13.1. The molecule has 0 bridgehead atoms. The number of pyridine rings is 1. The molecular weight excluding hydrogens is 392 g/mol. The van der Waals surface area contributed by atoms with Crippen molar-refractivity contribution in [2.24, 2.45) is 0 Å². The summed E-state index contributed by atoms with van der Waals surface area (Å²) >= 11 is 0. The summed E-state index contributed by atoms with van der Waals surface area (Å²) < 4.78 is 40.8. The van der Waals surface area contributed by atoms with Crippen LogP contribution in [-0.2, 0) is 16.6 Å². The lowest BCUT2D eigenvalue weighted by atomic mass is 10.3. The highest BCUT2D eigenvalue weighted by Crippen LogP contribution is 2.33. The van der Waals surface area contributed by atoms with Crippen LogP contribution in [0.25, 0.3) is 5.65 Å². The van der Waals surface area contributed by atoms with E-state index in [1.54, 1.807) is 22.5 Å². The van der Waals surface area contributed by atoms with Crippen LogP contribution < -0.4 is 9.47 Å². The predicted molar refractivity (Wildman–Crippen MR) is 107 cm³/mol. The number of imidazole rings is 1. The zero-order valence-corrected chi connectivity index (χ0v) is 16.7. The van der Waals surface area contributed by atoms with Gasteiger partial charge in [0.05, 0.1) is 16.8 Å². The van der Waals surface area contributed by atoms with Gasteiger partial charge in [0.15, 0.2) is 11.5 Å². The average Bonchev–Trinajstić information content (AvgIpc) is 3.17. The number of benzene rings is 1. The quantitative estimate of drug-likeness (QED) is 0.646. The van der Waals surface area contributed by atoms with Gasteiger partial charge in [0.1, 0.15) is 18.9 Å². The molecule has 0 spiro atoms. The van der Waals surface area contributed by atoms with Crippen LogP contribution in [0.2, 0.25) is 0 Å². The van der Waals surface area contributed by atoms with Gasteiger partial charge in [0.25, 0.3) is 0 Å². The van der Waals surface area contributed by atoms with Crippen LogP contribution in [0.4, 0.5) is 0 Å². The third kappa shape index (κ3) is 3.45. The SMILES string of the molecule is O=S(=O)(c1ccc2c(c1)OCCO2)N1CCN(Cc2cnc3ccccn23)CC1. The van der Waals surface area contributed by atoms with Crippen LogP contribution in [0.5, 0.6) is 11.5 Å². The van der Waals surface area contributed by atoms with Crippen molar-refractivity contribution in [1.29, 1.82) is 0 Å². The highest BCUT2D eigenvalue weighted by atomic mass is 32.2. The van der Waals surface area contributed by atoms with Crippen molar-refractivity contribution in [3.05, 3.63) is 54.5 Å². The number of hydrogen-bond acceptors (Lipinski definition) is 6. The molecule has 0 radical (unpaired) electrons. The van der Waals surface area contributed by atoms with Gasteiger partial charge >= 0.3 is 0 Å². The van der Waals surface area contributed by atoms with Crippen LogP contribution in [0.1, 0.15) is 5.69 Å². The molecule has 3 aromatic rings. The van der Waals surface area contributed by atoms with Gasteiger partial charge in [-0.15, -0.1) is 0 Å². The first-order chi connectivity index (χ1) is 14.1. The Kier molecular flexibility index (Phi) is 4.65. The molecule has 0 aliphatic carbocycles. The molecule has 0 amide bonds. The summed E-state index contributed by atoms with van der Waals surface area (Å²) in [5.41, 5.74) is 2.02. The Bertz CT molecular complexity index is 1140. The lowest BCUT2D eigenvalue weighted by molar-refractivity contribution is 0.170. The Morgan fingerprint density at radius 1 is 0.966 bits per heavy atom. The molecule has 152 valence electrons. The number of ether oxygens (including phenoxy) is 2. The summed E-state index contributed by atoms with van der Waals surface area (Å²) in [7, 11) is -3.56. The van der Waals surface area contributed by atoms with Crippen molar-refractivity contribution < 1.29 is 17.9 Å². The smallest absolute Gasteiger partial charge is 0.243 e. The Balaban J connectivity index is 1.27. The average molecular weight is 414 g/mol. The van der Waals surface area contributed by atoms with E-state index in [2.05, 4.69) is 14.3 Å². The number of rotatable bonds is 4. The Morgan fingerprint density at radius 3 is 2.59 bits per heavy atom. The molecule has 2 aromatic heterocycles. The fourth-order valence-corrected chi connectivity index (χ4v) is 5.23. The zero-order valence-electron chi connectivity index (χ0n) is 15.9. The van der Waals surface area contributed by atoms with Gasteiger partial charge in [0, 0.05) is 45.0 Å². The van der Waals surface area contributed by atoms with Gasteiger partial charge < -0.3 is 13.9 Å². The molecule has 1 fully saturated rings. The van der Waals surface area contributed by atoms with Crippen LogP contribution in [0.3, 0.4) is 0 Å². The van der Waals surface area contributed by atoms with Crippen LogP contribution in [0.15, 0.2) is 53.7 Å². The van der Waals surface area contributed by atoms with Crippen molar-refractivity contribution in [3.63, 3.8) is 0 Å². The van der Waals surface area contributed by atoms with E-state index in [9.17, 15) is 8.42 Å². The molecule has 4 heterocycles. The first-order valence-electron chi connectivity index (χ1n) is 9.64. The molecule has 2 aliphatic heterocycles. The summed E-state index contributed by atoms with van der Waals surface area (Å²) in [6.45, 7) is 3.89. The molecule has 9 heteroatoms. The van der Waals surface area contributed by atoms with Crippen molar-refractivity contribution in [1.82, 2.24) is 18.6 Å². The maximum Gasteiger partial charge on any atom is 0.243 e. The van der Waals surface area contributed by atoms with E-state index in [1.165, 1.54) is 0 Å². The van der Waals surface area contributed by atoms with Crippen molar-refractivity contribution in [3.8, 4) is 11.5 Å². The van der Waals surface area contributed by atoms with Crippen molar-refractivity contribution >= 4 is 15.7 Å². The molecule has 0 N–H and O–H groups in total. The van der Waals surface area contributed by atoms with Gasteiger partial charge in [-0.25, -0.2) is 13.4 Å². The second-order valence-corrected chi connectivity index (χ2v) is 9.10. The lowest BCUT2D eigenvalue weighted by Crippen LogP contribution is -2.48. The van der Waals surface area contributed by atoms with E-state index in [0.29, 0.717) is 50.9 Å². The topological polar surface area (TPSA) is 76.4 Å². The summed E-state index contributed by atoms with van der Waals surface area (Å²) in [5, 5.41) is 0. The summed E-state index contributed by atoms with van der Waals surface area (Å²) in [4.78, 5) is 6.92. The third-order valence-corrected chi connectivity index (χ3v) is 7.26. The Hall–Kier alpha value is -2.62.